The van der Waals surface area contributed by atoms with Crippen LogP contribution in [-0.2, 0) is 9.53 Å². The van der Waals surface area contributed by atoms with Crippen molar-refractivity contribution < 1.29 is 23.1 Å². The van der Waals surface area contributed by atoms with Gasteiger partial charge in [-0.05, 0) is 31.0 Å². The third kappa shape index (κ3) is 3.57. The Balaban J connectivity index is 1.62. The Morgan fingerprint density at radius 3 is 2.23 bits per heavy atom. The Morgan fingerprint density at radius 1 is 1.04 bits per heavy atom. The van der Waals surface area contributed by atoms with E-state index in [0.717, 1.165) is 12.1 Å². The fourth-order valence-electron chi connectivity index (χ4n) is 3.53. The van der Waals surface area contributed by atoms with Crippen molar-refractivity contribution in [2.45, 2.75) is 12.8 Å². The second-order valence-corrected chi connectivity index (χ2v) is 6.81. The number of amides is 2. The fraction of sp³-hybridized carbons (Fsp3) is 0.556. The number of piperazine rings is 1. The number of rotatable bonds is 3. The number of benzene rings is 1. The molecule has 0 spiro atoms. The summed E-state index contributed by atoms with van der Waals surface area (Å²) in [7, 11) is 0. The molecule has 0 bridgehead atoms. The third-order valence-electron chi connectivity index (χ3n) is 5.31. The smallest absolute Gasteiger partial charge is 0.254 e. The van der Waals surface area contributed by atoms with E-state index in [-0.39, 0.29) is 23.9 Å². The molecule has 1 aromatic rings. The number of nitrogens with zero attached hydrogens (tertiary/aromatic N) is 2. The van der Waals surface area contributed by atoms with E-state index in [1.165, 1.54) is 6.07 Å². The molecule has 2 amide bonds. The largest absolute Gasteiger partial charge is 0.381 e. The monoisotopic (exact) mass is 367 g/mol. The summed E-state index contributed by atoms with van der Waals surface area (Å²) in [6.45, 7) is 2.83. The van der Waals surface area contributed by atoms with Crippen LogP contribution in [0.5, 0.6) is 0 Å². The maximum atomic E-state index is 13.3. The van der Waals surface area contributed by atoms with E-state index in [9.17, 15) is 18.4 Å². The molecule has 0 saturated carbocycles. The van der Waals surface area contributed by atoms with Gasteiger partial charge in [0.2, 0.25) is 5.91 Å². The van der Waals surface area contributed by atoms with Gasteiger partial charge in [-0.1, -0.05) is 0 Å². The molecule has 2 saturated heterocycles. The molecule has 2 fully saturated rings. The SMILES string of the molecule is NCC1(C(=O)N2CCN(C(=O)c3ccc(F)c(F)c3)CC2)CCOCC1. The summed E-state index contributed by atoms with van der Waals surface area (Å²) in [6, 6.07) is 3.11. The average molecular weight is 367 g/mol. The van der Waals surface area contributed by atoms with Crippen molar-refractivity contribution in [2.24, 2.45) is 11.1 Å². The lowest BCUT2D eigenvalue weighted by Gasteiger charge is -2.42. The van der Waals surface area contributed by atoms with E-state index >= 15 is 0 Å². The van der Waals surface area contributed by atoms with E-state index in [1.807, 2.05) is 0 Å². The van der Waals surface area contributed by atoms with Crippen molar-refractivity contribution in [2.75, 3.05) is 45.9 Å². The van der Waals surface area contributed by atoms with E-state index < -0.39 is 17.0 Å². The average Bonchev–Trinajstić information content (AvgIpc) is 2.69. The number of carbonyl (C=O) groups is 2. The number of hydrogen-bond donors (Lipinski definition) is 1. The molecule has 0 atom stereocenters. The molecular formula is C18H23F2N3O3. The van der Waals surface area contributed by atoms with Crippen LogP contribution >= 0.6 is 0 Å². The minimum Gasteiger partial charge on any atom is -0.381 e. The topological polar surface area (TPSA) is 75.9 Å². The van der Waals surface area contributed by atoms with Crippen molar-refractivity contribution in [1.29, 1.82) is 0 Å². The lowest BCUT2D eigenvalue weighted by atomic mass is 9.78. The second-order valence-electron chi connectivity index (χ2n) is 6.81. The summed E-state index contributed by atoms with van der Waals surface area (Å²) in [5.41, 5.74) is 5.41. The summed E-state index contributed by atoms with van der Waals surface area (Å²) in [5, 5.41) is 0. The molecule has 2 aliphatic heterocycles. The Bertz CT molecular complexity index is 684. The fourth-order valence-corrected chi connectivity index (χ4v) is 3.53. The molecule has 3 rings (SSSR count). The molecule has 0 aromatic heterocycles. The third-order valence-corrected chi connectivity index (χ3v) is 5.31. The van der Waals surface area contributed by atoms with Crippen molar-refractivity contribution >= 4 is 11.8 Å². The van der Waals surface area contributed by atoms with Crippen LogP contribution in [0, 0.1) is 17.0 Å². The van der Waals surface area contributed by atoms with Gasteiger partial charge in [0.05, 0.1) is 5.41 Å². The quantitative estimate of drug-likeness (QED) is 0.865. The van der Waals surface area contributed by atoms with Gasteiger partial charge in [0.1, 0.15) is 0 Å². The first-order chi connectivity index (χ1) is 12.5. The molecule has 142 valence electrons. The number of nitrogens with two attached hydrogens (primary N) is 1. The van der Waals surface area contributed by atoms with E-state index in [0.29, 0.717) is 52.2 Å². The zero-order valence-electron chi connectivity index (χ0n) is 14.5. The highest BCUT2D eigenvalue weighted by Crippen LogP contribution is 2.32. The van der Waals surface area contributed by atoms with Crippen LogP contribution in [0.25, 0.3) is 0 Å². The van der Waals surface area contributed by atoms with Gasteiger partial charge in [0.15, 0.2) is 11.6 Å². The molecule has 2 aliphatic rings. The number of carbonyl (C=O) groups excluding carboxylic acids is 2. The molecule has 0 unspecified atom stereocenters. The highest BCUT2D eigenvalue weighted by molar-refractivity contribution is 5.94. The Hall–Kier alpha value is -2.06. The summed E-state index contributed by atoms with van der Waals surface area (Å²) < 4.78 is 31.7. The van der Waals surface area contributed by atoms with Crippen LogP contribution < -0.4 is 5.73 Å². The number of hydrogen-bond acceptors (Lipinski definition) is 4. The number of ether oxygens (including phenoxy) is 1. The highest BCUT2D eigenvalue weighted by atomic mass is 19.2. The van der Waals surface area contributed by atoms with Gasteiger partial charge in [-0.25, -0.2) is 8.78 Å². The number of halogens is 2. The van der Waals surface area contributed by atoms with Gasteiger partial charge in [0, 0.05) is 51.5 Å². The molecule has 26 heavy (non-hydrogen) atoms. The van der Waals surface area contributed by atoms with Crippen LogP contribution in [0.1, 0.15) is 23.2 Å². The van der Waals surface area contributed by atoms with Crippen molar-refractivity contribution in [3.05, 3.63) is 35.4 Å². The lowest BCUT2D eigenvalue weighted by Crippen LogP contribution is -2.57. The standard InChI is InChI=1S/C18H23F2N3O3/c19-14-2-1-13(11-15(14)20)16(24)22-5-7-23(8-6-22)17(25)18(12-21)3-9-26-10-4-18/h1-2,11H,3-10,12,21H2. The first-order valence-electron chi connectivity index (χ1n) is 8.78. The van der Waals surface area contributed by atoms with Gasteiger partial charge < -0.3 is 20.3 Å². The summed E-state index contributed by atoms with van der Waals surface area (Å²) in [6.07, 6.45) is 1.21. The molecule has 2 heterocycles. The Kier molecular flexibility index (Phi) is 5.52. The predicted octanol–water partition coefficient (Wildman–Crippen LogP) is 1.00. The summed E-state index contributed by atoms with van der Waals surface area (Å²) in [4.78, 5) is 28.7. The lowest BCUT2D eigenvalue weighted by molar-refractivity contribution is -0.148. The van der Waals surface area contributed by atoms with E-state index in [1.54, 1.807) is 9.80 Å². The van der Waals surface area contributed by atoms with Crippen LogP contribution in [0.3, 0.4) is 0 Å². The Labute approximate surface area is 150 Å². The molecule has 8 heteroatoms. The first kappa shape index (κ1) is 18.7. The van der Waals surface area contributed by atoms with Gasteiger partial charge in [-0.15, -0.1) is 0 Å². The molecule has 6 nitrogen and oxygen atoms in total. The van der Waals surface area contributed by atoms with Gasteiger partial charge in [-0.2, -0.15) is 0 Å². The normalized spacial score (nSPS) is 20.1. The predicted molar refractivity (Wildman–Crippen MR) is 90.4 cm³/mol. The van der Waals surface area contributed by atoms with Crippen LogP contribution in [-0.4, -0.2) is 67.6 Å². The van der Waals surface area contributed by atoms with Gasteiger partial charge in [-0.3, -0.25) is 9.59 Å². The van der Waals surface area contributed by atoms with Gasteiger partial charge in [0.25, 0.3) is 5.91 Å². The molecule has 0 aliphatic carbocycles. The molecule has 1 aromatic carbocycles. The van der Waals surface area contributed by atoms with Crippen LogP contribution in [0.15, 0.2) is 18.2 Å². The second kappa shape index (κ2) is 7.67. The van der Waals surface area contributed by atoms with Gasteiger partial charge >= 0.3 is 0 Å². The zero-order chi connectivity index (χ0) is 18.7. The summed E-state index contributed by atoms with van der Waals surface area (Å²) >= 11 is 0. The van der Waals surface area contributed by atoms with Crippen molar-refractivity contribution in [3.63, 3.8) is 0 Å². The molecular weight excluding hydrogens is 344 g/mol. The Morgan fingerprint density at radius 2 is 1.65 bits per heavy atom. The zero-order valence-corrected chi connectivity index (χ0v) is 14.5. The maximum Gasteiger partial charge on any atom is 0.254 e. The van der Waals surface area contributed by atoms with Crippen LogP contribution in [0.4, 0.5) is 8.78 Å². The minimum atomic E-state index is -1.05. The van der Waals surface area contributed by atoms with Crippen molar-refractivity contribution in [3.8, 4) is 0 Å². The molecule has 0 radical (unpaired) electrons. The van der Waals surface area contributed by atoms with Crippen molar-refractivity contribution in [1.82, 2.24) is 9.80 Å². The first-order valence-corrected chi connectivity index (χ1v) is 8.78. The van der Waals surface area contributed by atoms with E-state index in [2.05, 4.69) is 0 Å². The minimum absolute atomic E-state index is 0.0169. The highest BCUT2D eigenvalue weighted by Gasteiger charge is 2.42. The van der Waals surface area contributed by atoms with E-state index in [4.69, 9.17) is 10.5 Å². The van der Waals surface area contributed by atoms with Crippen LogP contribution in [0.2, 0.25) is 0 Å². The molecule has 2 N–H and O–H groups in total. The maximum absolute atomic E-state index is 13.3. The summed E-state index contributed by atoms with van der Waals surface area (Å²) in [5.74, 6) is -2.38.